The highest BCUT2D eigenvalue weighted by molar-refractivity contribution is 5.74. The lowest BCUT2D eigenvalue weighted by Crippen LogP contribution is -2.49. The Labute approximate surface area is 155 Å². The molecule has 2 amide bonds. The molecule has 6 heteroatoms. The van der Waals surface area contributed by atoms with Gasteiger partial charge < -0.3 is 20.8 Å². The zero-order valence-electron chi connectivity index (χ0n) is 15.2. The average Bonchev–Trinajstić information content (AvgIpc) is 2.84. The molecule has 1 aliphatic carbocycles. The van der Waals surface area contributed by atoms with Gasteiger partial charge in [0.25, 0.3) is 0 Å². The number of carboxylic acid groups (broad SMARTS) is 1. The van der Waals surface area contributed by atoms with Crippen molar-refractivity contribution in [2.45, 2.75) is 69.4 Å². The fourth-order valence-electron chi connectivity index (χ4n) is 3.47. The minimum absolute atomic E-state index is 0.00170. The van der Waals surface area contributed by atoms with Gasteiger partial charge in [0, 0.05) is 19.0 Å². The number of carboxylic acids is 1. The number of aliphatic carboxylic acids is 1. The van der Waals surface area contributed by atoms with Crippen LogP contribution in [0.3, 0.4) is 0 Å². The largest absolute Gasteiger partial charge is 0.481 e. The van der Waals surface area contributed by atoms with Gasteiger partial charge in [-0.1, -0.05) is 56.0 Å². The van der Waals surface area contributed by atoms with Crippen LogP contribution in [0.1, 0.15) is 56.9 Å². The molecule has 4 N–H and O–H groups in total. The number of hydrogen-bond acceptors (Lipinski definition) is 3. The Kier molecular flexibility index (Phi) is 7.91. The Morgan fingerprint density at radius 1 is 1.08 bits per heavy atom. The summed E-state index contributed by atoms with van der Waals surface area (Å²) in [5.41, 5.74) is 0.217. The second-order valence-electron chi connectivity index (χ2n) is 7.28. The van der Waals surface area contributed by atoms with E-state index < -0.39 is 11.6 Å². The van der Waals surface area contributed by atoms with Crippen LogP contribution in [0.5, 0.6) is 0 Å². The van der Waals surface area contributed by atoms with Crippen molar-refractivity contribution >= 4 is 12.0 Å². The highest BCUT2D eigenvalue weighted by atomic mass is 16.4. The van der Waals surface area contributed by atoms with E-state index in [4.69, 9.17) is 5.11 Å². The first-order valence-corrected chi connectivity index (χ1v) is 9.49. The zero-order valence-corrected chi connectivity index (χ0v) is 15.2. The maximum absolute atomic E-state index is 12.3. The number of benzene rings is 1. The molecule has 0 aromatic heterocycles. The second-order valence-corrected chi connectivity index (χ2v) is 7.28. The summed E-state index contributed by atoms with van der Waals surface area (Å²) < 4.78 is 0. The fraction of sp³-hybridized carbons (Fsp3) is 0.600. The normalized spacial score (nSPS) is 17.7. The Morgan fingerprint density at radius 3 is 2.35 bits per heavy atom. The SMILES string of the molecule is O=C(O)CCC(Cc1ccccc1)NC(=O)NCC1(O)CCCCCC1. The van der Waals surface area contributed by atoms with E-state index in [2.05, 4.69) is 10.6 Å². The van der Waals surface area contributed by atoms with Crippen LogP contribution in [0.4, 0.5) is 4.79 Å². The van der Waals surface area contributed by atoms with Crippen LogP contribution in [-0.2, 0) is 11.2 Å². The van der Waals surface area contributed by atoms with Gasteiger partial charge in [-0.25, -0.2) is 4.79 Å². The van der Waals surface area contributed by atoms with Crippen molar-refractivity contribution in [3.05, 3.63) is 35.9 Å². The van der Waals surface area contributed by atoms with Gasteiger partial charge in [0.15, 0.2) is 0 Å². The lowest BCUT2D eigenvalue weighted by molar-refractivity contribution is -0.137. The molecule has 1 atom stereocenters. The van der Waals surface area contributed by atoms with E-state index in [1.54, 1.807) is 0 Å². The number of urea groups is 1. The van der Waals surface area contributed by atoms with Crippen LogP contribution in [0.15, 0.2) is 30.3 Å². The third kappa shape index (κ3) is 7.44. The number of amides is 2. The standard InChI is InChI=1S/C20H30N2O4/c23-18(24)11-10-17(14-16-8-4-3-5-9-16)22-19(25)21-15-20(26)12-6-1-2-7-13-20/h3-5,8-9,17,26H,1-2,6-7,10-15H2,(H,23,24)(H2,21,22,25). The van der Waals surface area contributed by atoms with Crippen molar-refractivity contribution in [1.82, 2.24) is 10.6 Å². The molecule has 0 saturated heterocycles. The molecule has 0 spiro atoms. The molecule has 0 bridgehead atoms. The van der Waals surface area contributed by atoms with Gasteiger partial charge in [-0.2, -0.15) is 0 Å². The van der Waals surface area contributed by atoms with Crippen LogP contribution >= 0.6 is 0 Å². The lowest BCUT2D eigenvalue weighted by atomic mass is 9.94. The maximum atomic E-state index is 12.3. The van der Waals surface area contributed by atoms with Crippen molar-refractivity contribution in [2.24, 2.45) is 0 Å². The van der Waals surface area contributed by atoms with Crippen molar-refractivity contribution in [1.29, 1.82) is 0 Å². The van der Waals surface area contributed by atoms with E-state index in [1.165, 1.54) is 0 Å². The molecule has 1 saturated carbocycles. The Bertz CT molecular complexity index is 568. The number of carbonyl (C=O) groups is 2. The summed E-state index contributed by atoms with van der Waals surface area (Å²) in [5.74, 6) is -0.877. The minimum atomic E-state index is -0.877. The number of hydrogen-bond donors (Lipinski definition) is 4. The van der Waals surface area contributed by atoms with E-state index in [9.17, 15) is 14.7 Å². The fourth-order valence-corrected chi connectivity index (χ4v) is 3.47. The first-order valence-electron chi connectivity index (χ1n) is 9.49. The molecule has 1 unspecified atom stereocenters. The smallest absolute Gasteiger partial charge is 0.315 e. The van der Waals surface area contributed by atoms with E-state index in [0.29, 0.717) is 25.7 Å². The van der Waals surface area contributed by atoms with Crippen LogP contribution < -0.4 is 10.6 Å². The zero-order chi connectivity index (χ0) is 18.8. The highest BCUT2D eigenvalue weighted by Crippen LogP contribution is 2.26. The number of rotatable bonds is 8. The third-order valence-electron chi connectivity index (χ3n) is 4.98. The minimum Gasteiger partial charge on any atom is -0.481 e. The average molecular weight is 362 g/mol. The third-order valence-corrected chi connectivity index (χ3v) is 4.98. The van der Waals surface area contributed by atoms with Crippen molar-refractivity contribution < 1.29 is 19.8 Å². The van der Waals surface area contributed by atoms with E-state index in [-0.39, 0.29) is 25.0 Å². The predicted molar refractivity (Wildman–Crippen MR) is 100.0 cm³/mol. The number of nitrogens with one attached hydrogen (secondary N) is 2. The van der Waals surface area contributed by atoms with Crippen LogP contribution in [0.2, 0.25) is 0 Å². The van der Waals surface area contributed by atoms with Gasteiger partial charge >= 0.3 is 12.0 Å². The van der Waals surface area contributed by atoms with Gasteiger partial charge in [-0.15, -0.1) is 0 Å². The van der Waals surface area contributed by atoms with Gasteiger partial charge in [0.05, 0.1) is 5.60 Å². The Balaban J connectivity index is 1.86. The number of aliphatic hydroxyl groups is 1. The van der Waals surface area contributed by atoms with Crippen molar-refractivity contribution in [3.63, 3.8) is 0 Å². The summed E-state index contributed by atoms with van der Waals surface area (Å²) >= 11 is 0. The number of carbonyl (C=O) groups excluding carboxylic acids is 1. The summed E-state index contributed by atoms with van der Waals surface area (Å²) in [6.07, 6.45) is 6.57. The molecule has 6 nitrogen and oxygen atoms in total. The Hall–Kier alpha value is -2.08. The molecule has 1 aliphatic rings. The molecule has 1 fully saturated rings. The van der Waals surface area contributed by atoms with Crippen LogP contribution in [0.25, 0.3) is 0 Å². The molecule has 26 heavy (non-hydrogen) atoms. The lowest BCUT2D eigenvalue weighted by Gasteiger charge is -2.27. The summed E-state index contributed by atoms with van der Waals surface area (Å²) in [4.78, 5) is 23.2. The van der Waals surface area contributed by atoms with Gasteiger partial charge in [0.2, 0.25) is 0 Å². The maximum Gasteiger partial charge on any atom is 0.315 e. The molecular formula is C20H30N2O4. The van der Waals surface area contributed by atoms with Crippen molar-refractivity contribution in [3.8, 4) is 0 Å². The van der Waals surface area contributed by atoms with E-state index in [1.807, 2.05) is 30.3 Å². The molecule has 144 valence electrons. The molecule has 0 radical (unpaired) electrons. The van der Waals surface area contributed by atoms with E-state index >= 15 is 0 Å². The molecule has 1 aromatic rings. The first-order chi connectivity index (χ1) is 12.5. The molecule has 1 aromatic carbocycles. The van der Waals surface area contributed by atoms with Crippen LogP contribution in [-0.4, -0.2) is 40.4 Å². The Morgan fingerprint density at radius 2 is 1.73 bits per heavy atom. The topological polar surface area (TPSA) is 98.7 Å². The van der Waals surface area contributed by atoms with Gasteiger partial charge in [-0.3, -0.25) is 4.79 Å². The molecule has 0 heterocycles. The highest BCUT2D eigenvalue weighted by Gasteiger charge is 2.28. The predicted octanol–water partition coefficient (Wildman–Crippen LogP) is 2.85. The molecular weight excluding hydrogens is 332 g/mol. The van der Waals surface area contributed by atoms with Crippen molar-refractivity contribution in [2.75, 3.05) is 6.54 Å². The summed E-state index contributed by atoms with van der Waals surface area (Å²) in [6.45, 7) is 0.232. The second kappa shape index (κ2) is 10.2. The van der Waals surface area contributed by atoms with Crippen LogP contribution in [0, 0.1) is 0 Å². The molecule has 0 aliphatic heterocycles. The summed E-state index contributed by atoms with van der Waals surface area (Å²) in [7, 11) is 0. The van der Waals surface area contributed by atoms with E-state index in [0.717, 1.165) is 31.2 Å². The van der Waals surface area contributed by atoms with Gasteiger partial charge in [0.1, 0.15) is 0 Å². The summed E-state index contributed by atoms with van der Waals surface area (Å²) in [5, 5.41) is 25.2. The first kappa shape index (κ1) is 20.2. The monoisotopic (exact) mass is 362 g/mol. The molecule has 2 rings (SSSR count). The quantitative estimate of drug-likeness (QED) is 0.534. The van der Waals surface area contributed by atoms with Gasteiger partial charge in [-0.05, 0) is 31.2 Å². The summed E-state index contributed by atoms with van der Waals surface area (Å²) in [6, 6.07) is 9.06.